The zero-order valence-electron chi connectivity index (χ0n) is 4.96. The lowest BCUT2D eigenvalue weighted by Crippen LogP contribution is -1.31. The van der Waals surface area contributed by atoms with E-state index in [0.29, 0.717) is 0 Å². The quantitative estimate of drug-likeness (QED) is 0.531. The molecule has 0 N–H and O–H groups in total. The first kappa shape index (κ1) is 11.8. The van der Waals surface area contributed by atoms with E-state index in [1.807, 2.05) is 0 Å². The molecular formula is C6H4Cl2N2. The molecule has 0 rings (SSSR count). The summed E-state index contributed by atoms with van der Waals surface area (Å²) in [6.45, 7) is 0. The predicted octanol–water partition coefficient (Wildman–Crippen LogP) is 2.52. The molecule has 0 amide bonds. The van der Waals surface area contributed by atoms with Gasteiger partial charge in [-0.25, -0.2) is 0 Å². The molecule has 0 aliphatic rings. The third kappa shape index (κ3) is 27.8. The van der Waals surface area contributed by atoms with Gasteiger partial charge < -0.3 is 0 Å². The van der Waals surface area contributed by atoms with Crippen molar-refractivity contribution in [2.45, 2.75) is 0 Å². The fourth-order valence-corrected chi connectivity index (χ4v) is 0.169. The molecule has 2 nitrogen and oxygen atoms in total. The van der Waals surface area contributed by atoms with Crippen LogP contribution in [0.4, 0.5) is 0 Å². The molecule has 0 aromatic rings. The average Bonchev–Trinajstić information content (AvgIpc) is 1.93. The van der Waals surface area contributed by atoms with Gasteiger partial charge in [0.15, 0.2) is 0 Å². The fraction of sp³-hybridized carbons (Fsp3) is 0. The number of nitriles is 2. The minimum Gasteiger partial charge on any atom is -0.193 e. The Morgan fingerprint density at radius 3 is 1.20 bits per heavy atom. The van der Waals surface area contributed by atoms with E-state index in [4.69, 9.17) is 33.7 Å². The Balaban J connectivity index is 0. The molecule has 0 bridgehead atoms. The molecule has 0 spiro atoms. The average molecular weight is 175 g/mol. The zero-order valence-corrected chi connectivity index (χ0v) is 6.47. The number of nitrogens with zero attached hydrogens (tertiary/aromatic N) is 2. The van der Waals surface area contributed by atoms with Gasteiger partial charge in [0.05, 0.1) is 12.1 Å². The van der Waals surface area contributed by atoms with E-state index in [1.165, 1.54) is 23.2 Å². The van der Waals surface area contributed by atoms with Crippen LogP contribution in [-0.2, 0) is 0 Å². The van der Waals surface area contributed by atoms with Gasteiger partial charge in [0, 0.05) is 23.2 Å². The van der Waals surface area contributed by atoms with Crippen molar-refractivity contribution in [3.05, 3.63) is 23.2 Å². The number of allylic oxidation sites excluding steroid dienone is 2. The van der Waals surface area contributed by atoms with Crippen LogP contribution in [-0.4, -0.2) is 0 Å². The first-order chi connectivity index (χ1) is 4.83. The highest BCUT2D eigenvalue weighted by Gasteiger charge is 1.48. The summed E-state index contributed by atoms with van der Waals surface area (Å²) in [4.78, 5) is 0. The third-order valence-electron chi connectivity index (χ3n) is 0.275. The summed E-state index contributed by atoms with van der Waals surface area (Å²) in [5, 5.41) is 15.3. The normalized spacial score (nSPS) is 8.00. The van der Waals surface area contributed by atoms with Gasteiger partial charge in [-0.1, -0.05) is 23.2 Å². The topological polar surface area (TPSA) is 47.6 Å². The van der Waals surface area contributed by atoms with Crippen molar-refractivity contribution in [1.29, 1.82) is 10.5 Å². The second-order valence-electron chi connectivity index (χ2n) is 0.844. The van der Waals surface area contributed by atoms with Gasteiger partial charge in [-0.15, -0.1) is 0 Å². The van der Waals surface area contributed by atoms with Crippen LogP contribution in [0.25, 0.3) is 0 Å². The summed E-state index contributed by atoms with van der Waals surface area (Å²) < 4.78 is 0. The van der Waals surface area contributed by atoms with Gasteiger partial charge in [0.1, 0.15) is 0 Å². The molecule has 0 aromatic heterocycles. The van der Waals surface area contributed by atoms with Crippen molar-refractivity contribution in [2.24, 2.45) is 0 Å². The summed E-state index contributed by atoms with van der Waals surface area (Å²) in [5.74, 6) is 0. The minimum atomic E-state index is 1.17. The van der Waals surface area contributed by atoms with E-state index in [2.05, 4.69) is 0 Å². The van der Waals surface area contributed by atoms with Crippen LogP contribution in [0.15, 0.2) is 23.2 Å². The molecule has 52 valence electrons. The monoisotopic (exact) mass is 174 g/mol. The Labute approximate surface area is 69.6 Å². The Kier molecular flexibility index (Phi) is 18.5. The summed E-state index contributed by atoms with van der Waals surface area (Å²) >= 11 is 9.80. The fourth-order valence-electron chi connectivity index (χ4n) is 0.0563. The number of hydrogen-bond acceptors (Lipinski definition) is 2. The second kappa shape index (κ2) is 15.7. The van der Waals surface area contributed by atoms with Crippen LogP contribution >= 0.6 is 23.2 Å². The molecule has 0 fully saturated rings. The van der Waals surface area contributed by atoms with Gasteiger partial charge in [-0.2, -0.15) is 10.5 Å². The van der Waals surface area contributed by atoms with Crippen molar-refractivity contribution in [3.63, 3.8) is 0 Å². The highest BCUT2D eigenvalue weighted by molar-refractivity contribution is 6.25. The van der Waals surface area contributed by atoms with Crippen molar-refractivity contribution < 1.29 is 0 Å². The smallest absolute Gasteiger partial charge is 0.0921 e. The first-order valence-electron chi connectivity index (χ1n) is 2.13. The van der Waals surface area contributed by atoms with E-state index >= 15 is 0 Å². The molecular weight excluding hydrogens is 171 g/mol. The van der Waals surface area contributed by atoms with Crippen LogP contribution in [0.5, 0.6) is 0 Å². The molecule has 0 saturated carbocycles. The van der Waals surface area contributed by atoms with Crippen molar-refractivity contribution in [3.8, 4) is 12.1 Å². The van der Waals surface area contributed by atoms with Crippen LogP contribution in [0.1, 0.15) is 0 Å². The maximum Gasteiger partial charge on any atom is 0.0921 e. The van der Waals surface area contributed by atoms with Crippen LogP contribution in [0.3, 0.4) is 0 Å². The molecule has 0 saturated heterocycles. The van der Waals surface area contributed by atoms with Gasteiger partial charge in [-0.3, -0.25) is 0 Å². The molecule has 0 aliphatic heterocycles. The molecule has 0 atom stereocenters. The molecule has 0 unspecified atom stereocenters. The maximum atomic E-state index is 7.64. The van der Waals surface area contributed by atoms with Gasteiger partial charge in [0.2, 0.25) is 0 Å². The largest absolute Gasteiger partial charge is 0.193 e. The second-order valence-corrected chi connectivity index (χ2v) is 1.35. The highest BCUT2D eigenvalue weighted by Crippen LogP contribution is 1.71. The third-order valence-corrected chi connectivity index (χ3v) is 0.527. The van der Waals surface area contributed by atoms with Crippen molar-refractivity contribution >= 4 is 23.2 Å². The summed E-state index contributed by atoms with van der Waals surface area (Å²) in [5.41, 5.74) is 2.33. The lowest BCUT2D eigenvalue weighted by molar-refractivity contribution is 1.54. The minimum absolute atomic E-state index is 1.17. The maximum absolute atomic E-state index is 7.64. The van der Waals surface area contributed by atoms with Gasteiger partial charge in [0.25, 0.3) is 0 Å². The van der Waals surface area contributed by atoms with Crippen molar-refractivity contribution in [1.82, 2.24) is 0 Å². The number of hydrogen-bond donors (Lipinski definition) is 0. The van der Waals surface area contributed by atoms with Crippen LogP contribution < -0.4 is 0 Å². The molecule has 10 heavy (non-hydrogen) atoms. The SMILES string of the molecule is N#CC=CCl.N#CC=CCl. The summed E-state index contributed by atoms with van der Waals surface area (Å²) in [6.07, 6.45) is 2.39. The van der Waals surface area contributed by atoms with E-state index in [9.17, 15) is 0 Å². The standard InChI is InChI=1S/2C3H2ClN/c2*4-2-1-3-5/h2*1-2H. The Morgan fingerprint density at radius 1 is 0.900 bits per heavy atom. The zero-order chi connectivity index (χ0) is 8.24. The van der Waals surface area contributed by atoms with Gasteiger partial charge >= 0.3 is 0 Å². The lowest BCUT2D eigenvalue weighted by Gasteiger charge is -1.45. The highest BCUT2D eigenvalue weighted by atomic mass is 35.5. The molecule has 0 aromatic carbocycles. The van der Waals surface area contributed by atoms with Gasteiger partial charge in [-0.05, 0) is 0 Å². The van der Waals surface area contributed by atoms with Crippen molar-refractivity contribution in [2.75, 3.05) is 0 Å². The molecule has 0 aliphatic carbocycles. The Bertz CT molecular complexity index is 161. The predicted molar refractivity (Wildman–Crippen MR) is 41.2 cm³/mol. The molecule has 0 heterocycles. The van der Waals surface area contributed by atoms with Crippen LogP contribution in [0, 0.1) is 22.7 Å². The van der Waals surface area contributed by atoms with Crippen LogP contribution in [0.2, 0.25) is 0 Å². The summed E-state index contributed by atoms with van der Waals surface area (Å²) in [7, 11) is 0. The Morgan fingerprint density at radius 2 is 1.20 bits per heavy atom. The van der Waals surface area contributed by atoms with E-state index in [0.717, 1.165) is 0 Å². The first-order valence-corrected chi connectivity index (χ1v) is 3.00. The molecule has 4 heteroatoms. The lowest BCUT2D eigenvalue weighted by atomic mass is 10.7. The number of halogens is 2. The summed E-state index contributed by atoms with van der Waals surface area (Å²) in [6, 6.07) is 3.41. The number of rotatable bonds is 0. The van der Waals surface area contributed by atoms with E-state index in [-0.39, 0.29) is 0 Å². The van der Waals surface area contributed by atoms with E-state index in [1.54, 1.807) is 12.1 Å². The molecule has 0 radical (unpaired) electrons. The van der Waals surface area contributed by atoms with E-state index < -0.39 is 0 Å². The Hall–Kier alpha value is -0.960.